The largest absolute Gasteiger partial charge is 0.354 e. The lowest BCUT2D eigenvalue weighted by atomic mass is 10.0. The zero-order valence-corrected chi connectivity index (χ0v) is 27.8. The van der Waals surface area contributed by atoms with Crippen molar-refractivity contribution < 1.29 is 18.0 Å². The minimum Gasteiger partial charge on any atom is -0.354 e. The SMILES string of the molecule is CCCCNC(=O)[C@@H](Cc1ccccc1)N(Cc1ccc(Cl)cc1)C(=O)CN(c1ccc(Cl)c(Cl)c1)S(=O)(=O)c1ccccc1. The molecule has 0 spiro atoms. The van der Waals surface area contributed by atoms with Gasteiger partial charge in [0.1, 0.15) is 12.6 Å². The van der Waals surface area contributed by atoms with E-state index in [0.717, 1.165) is 28.3 Å². The third kappa shape index (κ3) is 9.23. The van der Waals surface area contributed by atoms with Crippen LogP contribution in [0.5, 0.6) is 0 Å². The molecular weight excluding hydrogens is 653 g/mol. The van der Waals surface area contributed by atoms with Crippen molar-refractivity contribution >= 4 is 62.3 Å². The highest BCUT2D eigenvalue weighted by molar-refractivity contribution is 7.92. The zero-order valence-electron chi connectivity index (χ0n) is 24.7. The van der Waals surface area contributed by atoms with E-state index in [1.54, 1.807) is 42.5 Å². The number of halogens is 3. The molecule has 0 aliphatic heterocycles. The van der Waals surface area contributed by atoms with Gasteiger partial charge in [0.05, 0.1) is 20.6 Å². The predicted molar refractivity (Wildman–Crippen MR) is 181 cm³/mol. The summed E-state index contributed by atoms with van der Waals surface area (Å²) in [6.07, 6.45) is 1.87. The summed E-state index contributed by atoms with van der Waals surface area (Å²) in [5.74, 6) is -0.913. The first kappa shape index (κ1) is 34.3. The predicted octanol–water partition coefficient (Wildman–Crippen LogP) is 7.40. The highest BCUT2D eigenvalue weighted by Crippen LogP contribution is 2.31. The van der Waals surface area contributed by atoms with Gasteiger partial charge in [0, 0.05) is 24.5 Å². The van der Waals surface area contributed by atoms with Crippen LogP contribution < -0.4 is 9.62 Å². The summed E-state index contributed by atoms with van der Waals surface area (Å²) in [7, 11) is -4.25. The molecule has 0 aliphatic rings. The Balaban J connectivity index is 1.79. The standard InChI is InChI=1S/C34H34Cl3N3O4S/c1-2-3-20-38-34(42)32(21-25-10-6-4-7-11-25)39(23-26-14-16-27(35)17-15-26)33(41)24-40(28-18-19-30(36)31(37)22-28)45(43,44)29-12-8-5-9-13-29/h4-19,22,32H,2-3,20-21,23-24H2,1H3,(H,38,42)/t32-/m1/s1. The summed E-state index contributed by atoms with van der Waals surface area (Å²) >= 11 is 18.6. The minimum absolute atomic E-state index is 0.00809. The van der Waals surface area contributed by atoms with E-state index >= 15 is 0 Å². The molecule has 0 saturated heterocycles. The Morgan fingerprint density at radius 2 is 1.44 bits per heavy atom. The van der Waals surface area contributed by atoms with Gasteiger partial charge in [-0.3, -0.25) is 13.9 Å². The number of nitrogens with zero attached hydrogens (tertiary/aromatic N) is 2. The molecular formula is C34H34Cl3N3O4S. The molecule has 4 rings (SSSR count). The summed E-state index contributed by atoms with van der Waals surface area (Å²) in [6, 6.07) is 27.6. The van der Waals surface area contributed by atoms with Crippen LogP contribution in [0.2, 0.25) is 15.1 Å². The first-order valence-electron chi connectivity index (χ1n) is 14.5. The zero-order chi connectivity index (χ0) is 32.4. The second kappa shape index (κ2) is 16.1. The van der Waals surface area contributed by atoms with Gasteiger partial charge in [-0.05, 0) is 60.0 Å². The van der Waals surface area contributed by atoms with Crippen molar-refractivity contribution in [1.82, 2.24) is 10.2 Å². The van der Waals surface area contributed by atoms with Crippen LogP contribution in [0.15, 0.2) is 108 Å². The molecule has 0 unspecified atom stereocenters. The minimum atomic E-state index is -4.25. The van der Waals surface area contributed by atoms with E-state index in [2.05, 4.69) is 5.32 Å². The Bertz CT molecular complexity index is 1690. The van der Waals surface area contributed by atoms with Crippen molar-refractivity contribution in [1.29, 1.82) is 0 Å². The normalized spacial score (nSPS) is 11.9. The number of nitrogens with one attached hydrogen (secondary N) is 1. The molecule has 0 saturated carbocycles. The molecule has 2 amide bonds. The fraction of sp³-hybridized carbons (Fsp3) is 0.235. The average molecular weight is 687 g/mol. The first-order valence-corrected chi connectivity index (χ1v) is 17.1. The molecule has 4 aromatic carbocycles. The van der Waals surface area contributed by atoms with Crippen molar-refractivity contribution in [2.45, 2.75) is 43.7 Å². The maximum atomic E-state index is 14.4. The van der Waals surface area contributed by atoms with Gasteiger partial charge in [0.15, 0.2) is 0 Å². The van der Waals surface area contributed by atoms with Crippen LogP contribution in [0.3, 0.4) is 0 Å². The average Bonchev–Trinajstić information content (AvgIpc) is 3.04. The summed E-state index contributed by atoms with van der Waals surface area (Å²) in [5, 5.41) is 3.86. The smallest absolute Gasteiger partial charge is 0.264 e. The fourth-order valence-corrected chi connectivity index (χ4v) is 6.58. The van der Waals surface area contributed by atoms with Crippen LogP contribution in [0.4, 0.5) is 5.69 Å². The number of anilines is 1. The first-order chi connectivity index (χ1) is 21.6. The molecule has 0 aliphatic carbocycles. The molecule has 0 fully saturated rings. The molecule has 1 N–H and O–H groups in total. The van der Waals surface area contributed by atoms with Crippen molar-refractivity contribution in [3.05, 3.63) is 129 Å². The number of hydrogen-bond acceptors (Lipinski definition) is 4. The maximum Gasteiger partial charge on any atom is 0.264 e. The van der Waals surface area contributed by atoms with Gasteiger partial charge < -0.3 is 10.2 Å². The van der Waals surface area contributed by atoms with E-state index in [1.807, 2.05) is 37.3 Å². The van der Waals surface area contributed by atoms with E-state index < -0.39 is 28.5 Å². The highest BCUT2D eigenvalue weighted by Gasteiger charge is 2.34. The Labute approximate surface area is 279 Å². The van der Waals surface area contributed by atoms with E-state index in [-0.39, 0.29) is 39.5 Å². The third-order valence-electron chi connectivity index (χ3n) is 7.17. The van der Waals surface area contributed by atoms with E-state index in [4.69, 9.17) is 34.8 Å². The molecule has 45 heavy (non-hydrogen) atoms. The molecule has 0 heterocycles. The lowest BCUT2D eigenvalue weighted by Crippen LogP contribution is -2.53. The number of benzene rings is 4. The molecule has 4 aromatic rings. The van der Waals surface area contributed by atoms with Gasteiger partial charge in [-0.1, -0.05) is 109 Å². The number of amides is 2. The van der Waals surface area contributed by atoms with Gasteiger partial charge >= 0.3 is 0 Å². The fourth-order valence-electron chi connectivity index (χ4n) is 4.74. The summed E-state index contributed by atoms with van der Waals surface area (Å²) < 4.78 is 29.1. The second-order valence-electron chi connectivity index (χ2n) is 10.4. The van der Waals surface area contributed by atoms with Gasteiger partial charge in [0.25, 0.3) is 10.0 Å². The van der Waals surface area contributed by atoms with E-state index in [9.17, 15) is 18.0 Å². The van der Waals surface area contributed by atoms with Gasteiger partial charge in [-0.2, -0.15) is 0 Å². The van der Waals surface area contributed by atoms with Crippen molar-refractivity contribution in [3.8, 4) is 0 Å². The molecule has 7 nitrogen and oxygen atoms in total. The van der Waals surface area contributed by atoms with Crippen LogP contribution in [0.25, 0.3) is 0 Å². The molecule has 0 radical (unpaired) electrons. The number of hydrogen-bond donors (Lipinski definition) is 1. The Morgan fingerprint density at radius 3 is 2.07 bits per heavy atom. The number of carbonyl (C=O) groups excluding carboxylic acids is 2. The highest BCUT2D eigenvalue weighted by atomic mass is 35.5. The number of unbranched alkanes of at least 4 members (excludes halogenated alkanes) is 1. The Kier molecular flexibility index (Phi) is 12.3. The van der Waals surface area contributed by atoms with Crippen LogP contribution in [-0.2, 0) is 32.6 Å². The van der Waals surface area contributed by atoms with E-state index in [1.165, 1.54) is 35.2 Å². The monoisotopic (exact) mass is 685 g/mol. The topological polar surface area (TPSA) is 86.8 Å². The van der Waals surface area contributed by atoms with Crippen LogP contribution in [0.1, 0.15) is 30.9 Å². The Morgan fingerprint density at radius 1 is 0.800 bits per heavy atom. The summed E-state index contributed by atoms with van der Waals surface area (Å²) in [5.41, 5.74) is 1.72. The summed E-state index contributed by atoms with van der Waals surface area (Å²) in [4.78, 5) is 29.7. The number of rotatable bonds is 14. The molecule has 236 valence electrons. The summed E-state index contributed by atoms with van der Waals surface area (Å²) in [6.45, 7) is 1.90. The molecule has 11 heteroatoms. The number of sulfonamides is 1. The second-order valence-corrected chi connectivity index (χ2v) is 13.5. The Hall–Kier alpha value is -3.56. The third-order valence-corrected chi connectivity index (χ3v) is 9.95. The van der Waals surface area contributed by atoms with Gasteiger partial charge in [0.2, 0.25) is 11.8 Å². The maximum absolute atomic E-state index is 14.4. The molecule has 0 bridgehead atoms. The van der Waals surface area contributed by atoms with Crippen molar-refractivity contribution in [2.24, 2.45) is 0 Å². The van der Waals surface area contributed by atoms with Gasteiger partial charge in [-0.25, -0.2) is 8.42 Å². The van der Waals surface area contributed by atoms with Crippen molar-refractivity contribution in [2.75, 3.05) is 17.4 Å². The lowest BCUT2D eigenvalue weighted by molar-refractivity contribution is -0.140. The van der Waals surface area contributed by atoms with Crippen LogP contribution >= 0.6 is 34.8 Å². The number of carbonyl (C=O) groups is 2. The van der Waals surface area contributed by atoms with Crippen LogP contribution in [-0.4, -0.2) is 44.3 Å². The van der Waals surface area contributed by atoms with E-state index in [0.29, 0.717) is 11.6 Å². The van der Waals surface area contributed by atoms with Crippen molar-refractivity contribution in [3.63, 3.8) is 0 Å². The quantitative estimate of drug-likeness (QED) is 0.140. The molecule has 0 aromatic heterocycles. The lowest BCUT2D eigenvalue weighted by Gasteiger charge is -2.34. The molecule has 1 atom stereocenters. The van der Waals surface area contributed by atoms with Gasteiger partial charge in [-0.15, -0.1) is 0 Å². The van der Waals surface area contributed by atoms with Crippen LogP contribution in [0, 0.1) is 0 Å².